The van der Waals surface area contributed by atoms with Crippen molar-refractivity contribution in [1.29, 1.82) is 0 Å². The minimum Gasteiger partial charge on any atom is -0.289 e. The van der Waals surface area contributed by atoms with Gasteiger partial charge in [0.25, 0.3) is 0 Å². The van der Waals surface area contributed by atoms with E-state index in [2.05, 4.69) is 11.1 Å². The Morgan fingerprint density at radius 1 is 1.90 bits per heavy atom. The Morgan fingerprint density at radius 3 is 2.70 bits per heavy atom. The molecule has 0 saturated carbocycles. The molecule has 0 amide bonds. The molecule has 1 N–H and O–H groups in total. The van der Waals surface area contributed by atoms with Gasteiger partial charge >= 0.3 is 14.6 Å². The van der Waals surface area contributed by atoms with E-state index >= 15 is 0 Å². The molecule has 0 heterocycles. The minimum atomic E-state index is -3.07. The van der Waals surface area contributed by atoms with Gasteiger partial charge in [0.15, 0.2) is 0 Å². The van der Waals surface area contributed by atoms with Crippen LogP contribution in [0.5, 0.6) is 0 Å². The van der Waals surface area contributed by atoms with Crippen molar-refractivity contribution in [1.82, 2.24) is 0 Å². The number of ketones is 1. The van der Waals surface area contributed by atoms with Gasteiger partial charge in [-0.25, -0.2) is 4.39 Å². The van der Waals surface area contributed by atoms with Crippen molar-refractivity contribution in [3.8, 4) is 0 Å². The van der Waals surface area contributed by atoms with Crippen LogP contribution in [0.3, 0.4) is 0 Å². The lowest BCUT2D eigenvalue weighted by Gasteiger charge is -1.90. The van der Waals surface area contributed by atoms with Gasteiger partial charge in [0.1, 0.15) is 0 Å². The summed E-state index contributed by atoms with van der Waals surface area (Å²) in [6, 6.07) is 0. The number of alkyl halides is 1. The van der Waals surface area contributed by atoms with Crippen LogP contribution in [-0.2, 0) is 13.9 Å². The summed E-state index contributed by atoms with van der Waals surface area (Å²) in [5.41, 5.74) is 0. The number of carbonyl (C=O) groups is 1. The van der Waals surface area contributed by atoms with E-state index in [1.54, 1.807) is 0 Å². The highest BCUT2D eigenvalue weighted by Gasteiger charge is 2.26. The molecule has 2 atom stereocenters. The fourth-order valence-corrected chi connectivity index (χ4v) is 0.486. The first-order valence-electron chi connectivity index (χ1n) is 2.21. The van der Waals surface area contributed by atoms with Crippen molar-refractivity contribution in [2.75, 3.05) is 0 Å². The molecule has 0 aliphatic rings. The molecule has 0 rings (SSSR count). The SMILES string of the molecule is C=CC(=O)C(F)O[P+](=O)O. The zero-order valence-corrected chi connectivity index (χ0v) is 5.75. The third kappa shape index (κ3) is 3.40. The lowest BCUT2D eigenvalue weighted by atomic mass is 10.4. The van der Waals surface area contributed by atoms with Crippen molar-refractivity contribution in [2.45, 2.75) is 6.36 Å². The summed E-state index contributed by atoms with van der Waals surface area (Å²) < 4.78 is 25.4. The van der Waals surface area contributed by atoms with Gasteiger partial charge in [-0.05, 0) is 6.08 Å². The second-order valence-corrected chi connectivity index (χ2v) is 1.95. The van der Waals surface area contributed by atoms with Crippen LogP contribution in [-0.4, -0.2) is 17.0 Å². The zero-order valence-electron chi connectivity index (χ0n) is 4.86. The summed E-state index contributed by atoms with van der Waals surface area (Å²) in [4.78, 5) is 18.1. The van der Waals surface area contributed by atoms with Crippen LogP contribution in [0.2, 0.25) is 0 Å². The molecule has 0 aliphatic carbocycles. The maximum absolute atomic E-state index is 12.1. The highest BCUT2D eigenvalue weighted by molar-refractivity contribution is 7.32. The molecule has 0 bridgehead atoms. The maximum Gasteiger partial charge on any atom is 0.698 e. The summed E-state index contributed by atoms with van der Waals surface area (Å²) in [6.45, 7) is 2.94. The van der Waals surface area contributed by atoms with Gasteiger partial charge in [-0.2, -0.15) is 0 Å². The van der Waals surface area contributed by atoms with E-state index in [1.165, 1.54) is 0 Å². The quantitative estimate of drug-likeness (QED) is 0.494. The van der Waals surface area contributed by atoms with Gasteiger partial charge in [0.2, 0.25) is 5.78 Å². The zero-order chi connectivity index (χ0) is 8.15. The third-order valence-electron chi connectivity index (χ3n) is 0.608. The van der Waals surface area contributed by atoms with E-state index in [4.69, 9.17) is 4.89 Å². The Kier molecular flexibility index (Phi) is 3.95. The van der Waals surface area contributed by atoms with E-state index in [-0.39, 0.29) is 0 Å². The molecule has 0 spiro atoms. The molecule has 0 aromatic rings. The normalized spacial score (nSPS) is 14.0. The van der Waals surface area contributed by atoms with Crippen LogP contribution < -0.4 is 0 Å². The van der Waals surface area contributed by atoms with Crippen LogP contribution in [0, 0.1) is 0 Å². The minimum absolute atomic E-state index is 0.670. The molecule has 0 fully saturated rings. The Balaban J connectivity index is 3.84. The molecule has 2 unspecified atom stereocenters. The van der Waals surface area contributed by atoms with Crippen LogP contribution in [0.25, 0.3) is 0 Å². The molecule has 56 valence electrons. The summed E-state index contributed by atoms with van der Waals surface area (Å²) >= 11 is 0. The Hall–Kier alpha value is -0.640. The first-order chi connectivity index (χ1) is 4.57. The summed E-state index contributed by atoms with van der Waals surface area (Å²) in [7, 11) is -3.07. The van der Waals surface area contributed by atoms with Crippen LogP contribution in [0.4, 0.5) is 4.39 Å². The summed E-state index contributed by atoms with van der Waals surface area (Å²) in [6.07, 6.45) is -1.71. The van der Waals surface area contributed by atoms with Crippen molar-refractivity contribution in [3.05, 3.63) is 12.7 Å². The lowest BCUT2D eigenvalue weighted by Crippen LogP contribution is -2.12. The largest absolute Gasteiger partial charge is 0.698 e. The Bertz CT molecular complexity index is 169. The predicted molar refractivity (Wildman–Crippen MR) is 31.0 cm³/mol. The number of carbonyl (C=O) groups excluding carboxylic acids is 1. The highest BCUT2D eigenvalue weighted by atomic mass is 31.1. The average Bonchev–Trinajstić information content (AvgIpc) is 1.85. The van der Waals surface area contributed by atoms with Gasteiger partial charge < -0.3 is 0 Å². The molecular weight excluding hydrogens is 162 g/mol. The fourth-order valence-electron chi connectivity index (χ4n) is 0.224. The van der Waals surface area contributed by atoms with Crippen LogP contribution in [0.15, 0.2) is 12.7 Å². The van der Waals surface area contributed by atoms with E-state index in [0.717, 1.165) is 0 Å². The first kappa shape index (κ1) is 9.36. The molecule has 10 heavy (non-hydrogen) atoms. The van der Waals surface area contributed by atoms with E-state index in [1.807, 2.05) is 0 Å². The molecule has 4 nitrogen and oxygen atoms in total. The van der Waals surface area contributed by atoms with Gasteiger partial charge in [-0.15, -0.1) is 4.89 Å². The third-order valence-corrected chi connectivity index (χ3v) is 0.973. The Labute approximate surface area is 57.3 Å². The van der Waals surface area contributed by atoms with Gasteiger partial charge in [0, 0.05) is 4.57 Å². The Morgan fingerprint density at radius 2 is 2.40 bits per heavy atom. The first-order valence-corrected chi connectivity index (χ1v) is 3.34. The number of hydrogen-bond donors (Lipinski definition) is 1. The van der Waals surface area contributed by atoms with Gasteiger partial charge in [-0.3, -0.25) is 4.79 Å². The standard InChI is InChI=1S/C4H4FO4P/c1-2-3(6)4(5)9-10(7)8/h2,4H,1H2/p+1. The summed E-state index contributed by atoms with van der Waals surface area (Å²) in [5.74, 6) is -1.07. The maximum atomic E-state index is 12.1. The van der Waals surface area contributed by atoms with E-state index < -0.39 is 20.4 Å². The lowest BCUT2D eigenvalue weighted by molar-refractivity contribution is -0.128. The average molecular weight is 167 g/mol. The van der Waals surface area contributed by atoms with Crippen molar-refractivity contribution >= 4 is 14.0 Å². The number of halogens is 1. The van der Waals surface area contributed by atoms with Crippen LogP contribution >= 0.6 is 8.25 Å². The second kappa shape index (κ2) is 4.22. The molecule has 0 aromatic carbocycles. The molecule has 0 aromatic heterocycles. The smallest absolute Gasteiger partial charge is 0.289 e. The topological polar surface area (TPSA) is 63.6 Å². The molecule has 0 saturated heterocycles. The van der Waals surface area contributed by atoms with Crippen molar-refractivity contribution < 1.29 is 23.2 Å². The number of hydrogen-bond acceptors (Lipinski definition) is 3. The van der Waals surface area contributed by atoms with Crippen molar-refractivity contribution in [2.24, 2.45) is 0 Å². The van der Waals surface area contributed by atoms with Crippen molar-refractivity contribution in [3.63, 3.8) is 0 Å². The highest BCUT2D eigenvalue weighted by Crippen LogP contribution is 2.19. The molecule has 0 radical (unpaired) electrons. The molecule has 6 heteroatoms. The fraction of sp³-hybridized carbons (Fsp3) is 0.250. The van der Waals surface area contributed by atoms with Gasteiger partial charge in [-0.1, -0.05) is 11.1 Å². The predicted octanol–water partition coefficient (Wildman–Crippen LogP) is 0.703. The van der Waals surface area contributed by atoms with Crippen LogP contribution in [0.1, 0.15) is 0 Å². The van der Waals surface area contributed by atoms with E-state index in [9.17, 15) is 13.8 Å². The molecule has 0 aliphatic heterocycles. The summed E-state index contributed by atoms with van der Waals surface area (Å²) in [5, 5.41) is 0. The molecular formula is C4H5FO4P+. The monoisotopic (exact) mass is 167 g/mol. The second-order valence-electron chi connectivity index (χ2n) is 1.27. The van der Waals surface area contributed by atoms with Gasteiger partial charge in [0.05, 0.1) is 0 Å². The van der Waals surface area contributed by atoms with E-state index in [0.29, 0.717) is 6.08 Å². The number of rotatable bonds is 4.